The summed E-state index contributed by atoms with van der Waals surface area (Å²) in [6.07, 6.45) is 1.94. The maximum atomic E-state index is 14.9. The monoisotopic (exact) mass is 448 g/mol. The molecule has 0 radical (unpaired) electrons. The largest absolute Gasteiger partial charge is 0.494 e. The molecule has 0 amide bonds. The molecule has 8 heteroatoms. The van der Waals surface area contributed by atoms with Crippen molar-refractivity contribution in [2.75, 3.05) is 6.61 Å². The third kappa shape index (κ3) is 4.67. The zero-order valence-corrected chi connectivity index (χ0v) is 17.9. The van der Waals surface area contributed by atoms with E-state index in [1.165, 1.54) is 26.0 Å². The molecule has 0 saturated heterocycles. The highest BCUT2D eigenvalue weighted by molar-refractivity contribution is 5.67. The zero-order valence-electron chi connectivity index (χ0n) is 17.9. The molecule has 0 heterocycles. The lowest BCUT2D eigenvalue weighted by atomic mass is 9.68. The molecule has 1 N–H and O–H groups in total. The third-order valence-electron chi connectivity index (χ3n) is 7.02. The Kier molecular flexibility index (Phi) is 6.33. The minimum atomic E-state index is -3.11. The normalized spacial score (nSPS) is 27.5. The Morgan fingerprint density at radius 1 is 1.16 bits per heavy atom. The molecule has 1 fully saturated rings. The summed E-state index contributed by atoms with van der Waals surface area (Å²) in [5.41, 5.74) is -2.70. The molecule has 3 rings (SSSR count). The lowest BCUT2D eigenvalue weighted by Crippen LogP contribution is -2.42. The van der Waals surface area contributed by atoms with Crippen LogP contribution in [-0.2, 0) is 9.53 Å². The van der Waals surface area contributed by atoms with Crippen molar-refractivity contribution < 1.29 is 36.6 Å². The van der Waals surface area contributed by atoms with Gasteiger partial charge in [-0.2, -0.15) is 0 Å². The number of carboxylic acids is 1. The van der Waals surface area contributed by atoms with Crippen LogP contribution in [0.4, 0.5) is 22.0 Å². The number of carboxylic acid groups (broad SMARTS) is 1. The summed E-state index contributed by atoms with van der Waals surface area (Å²) in [6, 6.07) is 0. The van der Waals surface area contributed by atoms with Gasteiger partial charge in [-0.1, -0.05) is 18.6 Å². The Hall–Kier alpha value is -1.86. The topological polar surface area (TPSA) is 46.5 Å². The first kappa shape index (κ1) is 23.8. The molecule has 3 nitrogen and oxygen atoms in total. The van der Waals surface area contributed by atoms with Gasteiger partial charge in [0.15, 0.2) is 0 Å². The molecule has 0 aromatic heterocycles. The number of allylic oxidation sites excluding steroid dienone is 5. The molecule has 1 unspecified atom stereocenters. The first-order valence-corrected chi connectivity index (χ1v) is 10.7. The first-order valence-electron chi connectivity index (χ1n) is 10.7. The summed E-state index contributed by atoms with van der Waals surface area (Å²) in [5.74, 6) is -7.00. The number of rotatable bonds is 9. The van der Waals surface area contributed by atoms with Crippen LogP contribution in [0.2, 0.25) is 0 Å². The van der Waals surface area contributed by atoms with Crippen molar-refractivity contribution in [3.05, 3.63) is 34.6 Å². The molecule has 0 aromatic rings. The van der Waals surface area contributed by atoms with Crippen molar-refractivity contribution in [2.45, 2.75) is 89.1 Å². The standard InChI is InChI=1S/C23H29F5O3/c1-3-23(27,28)20(2)12-17(7-5-16(20)6-8-19(29)30)31-14-15-11-22(25,26)13-18(15)21(24)9-4-10-21/h5,7H,3-4,6,8-14H2,1-2H3,(H,29,30). The van der Waals surface area contributed by atoms with Crippen molar-refractivity contribution in [2.24, 2.45) is 5.41 Å². The van der Waals surface area contributed by atoms with E-state index in [4.69, 9.17) is 9.84 Å². The Balaban J connectivity index is 1.80. The predicted molar refractivity (Wildman–Crippen MR) is 106 cm³/mol. The number of ether oxygens (including phenoxy) is 1. The highest BCUT2D eigenvalue weighted by atomic mass is 19.3. The summed E-state index contributed by atoms with van der Waals surface area (Å²) in [6.45, 7) is 2.48. The van der Waals surface area contributed by atoms with E-state index in [9.17, 15) is 26.7 Å². The van der Waals surface area contributed by atoms with Gasteiger partial charge in [-0.3, -0.25) is 4.79 Å². The fourth-order valence-corrected chi connectivity index (χ4v) is 4.80. The summed E-state index contributed by atoms with van der Waals surface area (Å²) >= 11 is 0. The van der Waals surface area contributed by atoms with Gasteiger partial charge >= 0.3 is 5.97 Å². The van der Waals surface area contributed by atoms with E-state index in [1.54, 1.807) is 0 Å². The second-order valence-corrected chi connectivity index (χ2v) is 9.18. The maximum absolute atomic E-state index is 14.9. The number of carbonyl (C=O) groups is 1. The third-order valence-corrected chi connectivity index (χ3v) is 7.02. The first-order chi connectivity index (χ1) is 14.3. The van der Waals surface area contributed by atoms with E-state index >= 15 is 0 Å². The van der Waals surface area contributed by atoms with Crippen LogP contribution in [0.15, 0.2) is 34.6 Å². The van der Waals surface area contributed by atoms with Gasteiger partial charge in [0.2, 0.25) is 0 Å². The van der Waals surface area contributed by atoms with E-state index in [-0.39, 0.29) is 55.6 Å². The summed E-state index contributed by atoms with van der Waals surface area (Å²) < 4.78 is 78.2. The molecular weight excluding hydrogens is 419 g/mol. The molecule has 174 valence electrons. The van der Waals surface area contributed by atoms with E-state index < -0.39 is 48.2 Å². The van der Waals surface area contributed by atoms with Crippen molar-refractivity contribution in [1.29, 1.82) is 0 Å². The number of halogens is 5. The van der Waals surface area contributed by atoms with Gasteiger partial charge in [-0.15, -0.1) is 0 Å². The molecule has 0 aromatic carbocycles. The van der Waals surface area contributed by atoms with Gasteiger partial charge in [0, 0.05) is 32.1 Å². The minimum absolute atomic E-state index is 0.0168. The van der Waals surface area contributed by atoms with E-state index in [2.05, 4.69) is 0 Å². The van der Waals surface area contributed by atoms with Crippen LogP contribution in [0.5, 0.6) is 0 Å². The Bertz CT molecular complexity index is 823. The highest BCUT2D eigenvalue weighted by Crippen LogP contribution is 2.54. The second kappa shape index (κ2) is 8.24. The van der Waals surface area contributed by atoms with Gasteiger partial charge < -0.3 is 9.84 Å². The quantitative estimate of drug-likeness (QED) is 0.313. The fourth-order valence-electron chi connectivity index (χ4n) is 4.80. The Morgan fingerprint density at radius 2 is 1.84 bits per heavy atom. The molecule has 0 bridgehead atoms. The van der Waals surface area contributed by atoms with Crippen molar-refractivity contribution in [3.8, 4) is 0 Å². The highest BCUT2D eigenvalue weighted by Gasteiger charge is 2.53. The summed E-state index contributed by atoms with van der Waals surface area (Å²) in [7, 11) is 0. The SMILES string of the molecule is CCC(F)(F)C1(C)CC(OCC2=C(C3(F)CCC3)CC(F)(F)C2)=CC=C1CCC(=O)O. The van der Waals surface area contributed by atoms with Crippen molar-refractivity contribution in [3.63, 3.8) is 0 Å². The average Bonchev–Trinajstić information content (AvgIpc) is 2.98. The van der Waals surface area contributed by atoms with Crippen LogP contribution in [0.3, 0.4) is 0 Å². The summed E-state index contributed by atoms with van der Waals surface area (Å²) in [5, 5.41) is 8.94. The molecule has 3 aliphatic carbocycles. The van der Waals surface area contributed by atoms with Crippen LogP contribution in [0, 0.1) is 5.41 Å². The van der Waals surface area contributed by atoms with Crippen LogP contribution < -0.4 is 0 Å². The molecule has 0 spiro atoms. The fraction of sp³-hybridized carbons (Fsp3) is 0.696. The molecule has 0 aliphatic heterocycles. The van der Waals surface area contributed by atoms with Gasteiger partial charge in [-0.25, -0.2) is 22.0 Å². The van der Waals surface area contributed by atoms with Gasteiger partial charge in [0.05, 0.1) is 11.2 Å². The lowest BCUT2D eigenvalue weighted by Gasteiger charge is -2.41. The van der Waals surface area contributed by atoms with Crippen LogP contribution >= 0.6 is 0 Å². The molecule has 3 aliphatic rings. The number of hydrogen-bond acceptors (Lipinski definition) is 2. The van der Waals surface area contributed by atoms with Crippen LogP contribution in [0.25, 0.3) is 0 Å². The number of hydrogen-bond donors (Lipinski definition) is 1. The van der Waals surface area contributed by atoms with Gasteiger partial charge in [0.1, 0.15) is 12.3 Å². The van der Waals surface area contributed by atoms with E-state index in [1.807, 2.05) is 0 Å². The molecule has 1 atom stereocenters. The molecule has 1 saturated carbocycles. The zero-order chi connectivity index (χ0) is 23.1. The number of aliphatic carboxylic acids is 1. The predicted octanol–water partition coefficient (Wildman–Crippen LogP) is 6.75. The average molecular weight is 448 g/mol. The molecule has 31 heavy (non-hydrogen) atoms. The Morgan fingerprint density at radius 3 is 2.39 bits per heavy atom. The second-order valence-electron chi connectivity index (χ2n) is 9.18. The van der Waals surface area contributed by atoms with E-state index in [0.717, 1.165) is 0 Å². The van der Waals surface area contributed by atoms with Crippen molar-refractivity contribution >= 4 is 5.97 Å². The summed E-state index contributed by atoms with van der Waals surface area (Å²) in [4.78, 5) is 10.9. The molecular formula is C23H29F5O3. The van der Waals surface area contributed by atoms with Gasteiger partial charge in [0.25, 0.3) is 11.8 Å². The van der Waals surface area contributed by atoms with Crippen molar-refractivity contribution in [1.82, 2.24) is 0 Å². The Labute approximate surface area is 179 Å². The maximum Gasteiger partial charge on any atom is 0.303 e. The van der Waals surface area contributed by atoms with Crippen LogP contribution in [-0.4, -0.2) is 35.2 Å². The smallest absolute Gasteiger partial charge is 0.303 e. The van der Waals surface area contributed by atoms with Crippen LogP contribution in [0.1, 0.15) is 71.6 Å². The lowest BCUT2D eigenvalue weighted by molar-refractivity contribution is -0.137. The minimum Gasteiger partial charge on any atom is -0.494 e. The number of alkyl halides is 5. The van der Waals surface area contributed by atoms with Gasteiger partial charge in [-0.05, 0) is 49.8 Å². The van der Waals surface area contributed by atoms with E-state index in [0.29, 0.717) is 12.0 Å².